The Morgan fingerprint density at radius 1 is 1.35 bits per heavy atom. The second kappa shape index (κ2) is 6.90. The first-order valence-electron chi connectivity index (χ1n) is 8.24. The zero-order valence-corrected chi connectivity index (χ0v) is 13.3. The van der Waals surface area contributed by atoms with Crippen molar-refractivity contribution in [1.82, 2.24) is 10.2 Å². The van der Waals surface area contributed by atoms with E-state index >= 15 is 0 Å². The van der Waals surface area contributed by atoms with E-state index < -0.39 is 0 Å². The molecule has 4 heteroatoms. The van der Waals surface area contributed by atoms with Gasteiger partial charge < -0.3 is 9.64 Å². The van der Waals surface area contributed by atoms with Crippen molar-refractivity contribution >= 4 is 5.91 Å². The monoisotopic (exact) mass is 282 g/mol. The first-order valence-corrected chi connectivity index (χ1v) is 8.24. The number of hydrogen-bond acceptors (Lipinski definition) is 3. The molecule has 2 saturated heterocycles. The van der Waals surface area contributed by atoms with E-state index in [9.17, 15) is 4.79 Å². The van der Waals surface area contributed by atoms with Gasteiger partial charge in [-0.1, -0.05) is 33.6 Å². The molecule has 0 saturated carbocycles. The van der Waals surface area contributed by atoms with Gasteiger partial charge >= 0.3 is 0 Å². The Hall–Kier alpha value is -0.610. The second-order valence-corrected chi connectivity index (χ2v) is 6.67. The van der Waals surface area contributed by atoms with Crippen LogP contribution in [0, 0.1) is 5.41 Å². The van der Waals surface area contributed by atoms with Crippen molar-refractivity contribution < 1.29 is 9.53 Å². The van der Waals surface area contributed by atoms with Crippen LogP contribution in [0.1, 0.15) is 59.3 Å². The lowest BCUT2D eigenvalue weighted by Crippen LogP contribution is -2.45. The summed E-state index contributed by atoms with van der Waals surface area (Å²) in [4.78, 5) is 14.7. The summed E-state index contributed by atoms with van der Waals surface area (Å²) in [5.74, 6) is 0.318. The molecule has 116 valence electrons. The molecule has 0 bridgehead atoms. The average molecular weight is 282 g/mol. The quantitative estimate of drug-likeness (QED) is 0.814. The molecule has 0 aromatic heterocycles. The molecule has 4 nitrogen and oxygen atoms in total. The molecule has 1 amide bonds. The maximum Gasteiger partial charge on any atom is 0.241 e. The fourth-order valence-corrected chi connectivity index (χ4v) is 3.32. The number of carbonyl (C=O) groups is 1. The molecule has 2 fully saturated rings. The highest BCUT2D eigenvalue weighted by atomic mass is 16.5. The van der Waals surface area contributed by atoms with Gasteiger partial charge in [0.15, 0.2) is 0 Å². The summed E-state index contributed by atoms with van der Waals surface area (Å²) in [5.41, 5.74) is 0.225. The maximum absolute atomic E-state index is 12.6. The molecule has 0 aromatic rings. The van der Waals surface area contributed by atoms with Crippen LogP contribution < -0.4 is 5.32 Å². The first-order chi connectivity index (χ1) is 9.59. The Labute approximate surface area is 123 Å². The molecule has 2 aliphatic rings. The lowest BCUT2D eigenvalue weighted by atomic mass is 9.82. The van der Waals surface area contributed by atoms with Crippen molar-refractivity contribution in [2.45, 2.75) is 71.5 Å². The van der Waals surface area contributed by atoms with Crippen LogP contribution in [0.5, 0.6) is 0 Å². The molecule has 0 aliphatic carbocycles. The van der Waals surface area contributed by atoms with Crippen LogP contribution in [0.25, 0.3) is 0 Å². The summed E-state index contributed by atoms with van der Waals surface area (Å²) in [6, 6.07) is 0.0448. The summed E-state index contributed by atoms with van der Waals surface area (Å²) in [5, 5.41) is 3.53. The minimum atomic E-state index is 0.0448. The number of rotatable bonds is 6. The number of nitrogens with zero attached hydrogens (tertiary/aromatic N) is 1. The van der Waals surface area contributed by atoms with E-state index in [1.807, 2.05) is 0 Å². The molecule has 0 aromatic carbocycles. The first kappa shape index (κ1) is 15.8. The molecular weight excluding hydrogens is 252 g/mol. The molecule has 2 aliphatic heterocycles. The van der Waals surface area contributed by atoms with Crippen LogP contribution in [0.3, 0.4) is 0 Å². The molecule has 2 rings (SSSR count). The van der Waals surface area contributed by atoms with Crippen LogP contribution >= 0.6 is 0 Å². The van der Waals surface area contributed by atoms with E-state index in [1.165, 1.54) is 0 Å². The van der Waals surface area contributed by atoms with Gasteiger partial charge in [0.1, 0.15) is 0 Å². The van der Waals surface area contributed by atoms with Crippen molar-refractivity contribution in [1.29, 1.82) is 0 Å². The topological polar surface area (TPSA) is 41.6 Å². The van der Waals surface area contributed by atoms with Crippen LogP contribution in [-0.4, -0.2) is 42.8 Å². The minimum Gasteiger partial charge on any atom is -0.381 e. The van der Waals surface area contributed by atoms with Gasteiger partial charge in [-0.15, -0.1) is 0 Å². The highest BCUT2D eigenvalue weighted by Crippen LogP contribution is 2.33. The molecule has 20 heavy (non-hydrogen) atoms. The summed E-state index contributed by atoms with van der Waals surface area (Å²) < 4.78 is 5.46. The second-order valence-electron chi connectivity index (χ2n) is 6.67. The van der Waals surface area contributed by atoms with Crippen LogP contribution in [0.4, 0.5) is 0 Å². The van der Waals surface area contributed by atoms with Crippen molar-refractivity contribution in [3.8, 4) is 0 Å². The zero-order valence-electron chi connectivity index (χ0n) is 13.3. The van der Waals surface area contributed by atoms with E-state index in [0.29, 0.717) is 5.91 Å². The lowest BCUT2D eigenvalue weighted by molar-refractivity contribution is -0.132. The number of amides is 1. The Kier molecular flexibility index (Phi) is 5.44. The van der Waals surface area contributed by atoms with Crippen molar-refractivity contribution in [2.24, 2.45) is 5.41 Å². The van der Waals surface area contributed by atoms with Crippen molar-refractivity contribution in [3.63, 3.8) is 0 Å². The normalized spacial score (nSPS) is 29.9. The molecular formula is C16H30N2O2. The molecule has 2 atom stereocenters. The smallest absolute Gasteiger partial charge is 0.241 e. The number of unbranched alkanes of at least 4 members (excludes halogenated alkanes) is 1. The van der Waals surface area contributed by atoms with Crippen molar-refractivity contribution in [2.75, 3.05) is 19.8 Å². The molecule has 2 heterocycles. The third-order valence-electron chi connectivity index (χ3n) is 4.84. The standard InChI is InChI=1S/C16H30N2O2/c1-4-6-7-13-15(19)18(14(5-2)17-13)12-16(3)8-10-20-11-9-16/h13-14,17H,4-12H2,1-3H3. The minimum absolute atomic E-state index is 0.0448. The Bertz CT molecular complexity index is 326. The molecule has 2 unspecified atom stereocenters. The SMILES string of the molecule is CCCCC1NC(CC)N(CC2(C)CCOCC2)C1=O. The molecule has 0 spiro atoms. The number of hydrogen-bond donors (Lipinski definition) is 1. The van der Waals surface area contributed by atoms with Crippen LogP contribution in [-0.2, 0) is 9.53 Å². The van der Waals surface area contributed by atoms with E-state index in [-0.39, 0.29) is 17.6 Å². The predicted molar refractivity (Wildman–Crippen MR) is 80.4 cm³/mol. The summed E-state index contributed by atoms with van der Waals surface area (Å²) >= 11 is 0. The van der Waals surface area contributed by atoms with E-state index in [1.54, 1.807) is 0 Å². The van der Waals surface area contributed by atoms with Gasteiger partial charge in [0, 0.05) is 19.8 Å². The molecule has 1 N–H and O–H groups in total. The zero-order chi connectivity index (χ0) is 14.6. The number of ether oxygens (including phenoxy) is 1. The Balaban J connectivity index is 1.99. The average Bonchev–Trinajstić information content (AvgIpc) is 2.73. The van der Waals surface area contributed by atoms with Crippen LogP contribution in [0.15, 0.2) is 0 Å². The number of carbonyl (C=O) groups excluding carboxylic acids is 1. The fourth-order valence-electron chi connectivity index (χ4n) is 3.32. The third-order valence-corrected chi connectivity index (χ3v) is 4.84. The van der Waals surface area contributed by atoms with E-state index in [2.05, 4.69) is 31.0 Å². The summed E-state index contributed by atoms with van der Waals surface area (Å²) in [6.07, 6.45) is 6.59. The van der Waals surface area contributed by atoms with Gasteiger partial charge in [-0.25, -0.2) is 0 Å². The Morgan fingerprint density at radius 3 is 2.65 bits per heavy atom. The highest BCUT2D eigenvalue weighted by Gasteiger charge is 2.41. The highest BCUT2D eigenvalue weighted by molar-refractivity contribution is 5.84. The van der Waals surface area contributed by atoms with Crippen molar-refractivity contribution in [3.05, 3.63) is 0 Å². The summed E-state index contributed by atoms with van der Waals surface area (Å²) in [7, 11) is 0. The summed E-state index contributed by atoms with van der Waals surface area (Å²) in [6.45, 7) is 9.19. The predicted octanol–water partition coefficient (Wildman–Crippen LogP) is 2.53. The van der Waals surface area contributed by atoms with Gasteiger partial charge in [0.25, 0.3) is 0 Å². The van der Waals surface area contributed by atoms with Gasteiger partial charge in [-0.3, -0.25) is 10.1 Å². The van der Waals surface area contributed by atoms with Gasteiger partial charge in [0.2, 0.25) is 5.91 Å². The largest absolute Gasteiger partial charge is 0.381 e. The number of nitrogens with one attached hydrogen (secondary N) is 1. The fraction of sp³-hybridized carbons (Fsp3) is 0.938. The Morgan fingerprint density at radius 2 is 2.05 bits per heavy atom. The van der Waals surface area contributed by atoms with E-state index in [4.69, 9.17) is 4.74 Å². The molecule has 0 radical (unpaired) electrons. The third kappa shape index (κ3) is 3.53. The lowest BCUT2D eigenvalue weighted by Gasteiger charge is -2.38. The van der Waals surface area contributed by atoms with Gasteiger partial charge in [-0.05, 0) is 31.1 Å². The van der Waals surface area contributed by atoms with Gasteiger partial charge in [-0.2, -0.15) is 0 Å². The van der Waals surface area contributed by atoms with Crippen LogP contribution in [0.2, 0.25) is 0 Å². The maximum atomic E-state index is 12.6. The van der Waals surface area contributed by atoms with Gasteiger partial charge in [0.05, 0.1) is 12.2 Å². The van der Waals surface area contributed by atoms with E-state index in [0.717, 1.165) is 58.3 Å².